The minimum atomic E-state index is -1.64. The van der Waals surface area contributed by atoms with Gasteiger partial charge in [-0.05, 0) is 20.8 Å². The van der Waals surface area contributed by atoms with Gasteiger partial charge in [0.05, 0.1) is 37.1 Å². The summed E-state index contributed by atoms with van der Waals surface area (Å²) in [7, 11) is 4.45. The number of hydrogen-bond donors (Lipinski definition) is 3. The number of hydrogen-bond acceptors (Lipinski definition) is 9. The number of methoxy groups -OCH3 is 3. The molecule has 0 aromatic rings. The lowest BCUT2D eigenvalue weighted by Crippen LogP contribution is -2.62. The number of ether oxygens (including phenoxy) is 6. The fraction of sp³-hybridized carbons (Fsp3) is 0.889. The quantitative estimate of drug-likeness (QED) is 0.257. The van der Waals surface area contributed by atoms with Crippen LogP contribution in [0, 0.1) is 11.3 Å². The molecule has 9 unspecified atom stereocenters. The molecule has 3 N–H and O–H groups in total. The predicted molar refractivity (Wildman–Crippen MR) is 138 cm³/mol. The van der Waals surface area contributed by atoms with Crippen LogP contribution in [0.1, 0.15) is 60.8 Å². The molecule has 0 aromatic heterocycles. The van der Waals surface area contributed by atoms with Crippen molar-refractivity contribution in [3.8, 4) is 0 Å². The number of rotatable bonds is 12. The first-order chi connectivity index (χ1) is 17.2. The first-order valence-electron chi connectivity index (χ1n) is 13.1. The zero-order chi connectivity index (χ0) is 28.1. The van der Waals surface area contributed by atoms with Gasteiger partial charge in [-0.1, -0.05) is 32.9 Å². The molecule has 2 fully saturated rings. The maximum atomic E-state index is 13.2. The summed E-state index contributed by atoms with van der Waals surface area (Å²) in [5.41, 5.74) is 0.254. The molecular weight excluding hydrogens is 482 g/mol. The normalized spacial score (nSPS) is 34.7. The van der Waals surface area contributed by atoms with Gasteiger partial charge < -0.3 is 44.0 Å². The smallest absolute Gasteiger partial charge is 0.256 e. The van der Waals surface area contributed by atoms with E-state index in [-0.39, 0.29) is 37.1 Å². The van der Waals surface area contributed by atoms with E-state index in [9.17, 15) is 15.0 Å². The Bertz CT molecular complexity index is 760. The minimum Gasteiger partial charge on any atom is -0.392 e. The van der Waals surface area contributed by atoms with E-state index in [4.69, 9.17) is 28.4 Å². The molecule has 0 bridgehead atoms. The SMILES string of the molecule is C=C1CC(OC)(C(O)C(=O)NC(OC)C2CC(O)C(C)(C)C(CC(COC(C)C)OC)O2)OC(C)C1C. The van der Waals surface area contributed by atoms with E-state index < -0.39 is 47.8 Å². The maximum absolute atomic E-state index is 13.2. The molecule has 10 nitrogen and oxygen atoms in total. The van der Waals surface area contributed by atoms with Gasteiger partial charge >= 0.3 is 0 Å². The number of amides is 1. The summed E-state index contributed by atoms with van der Waals surface area (Å²) in [5, 5.41) is 24.8. The van der Waals surface area contributed by atoms with Crippen LogP contribution >= 0.6 is 0 Å². The van der Waals surface area contributed by atoms with E-state index in [1.807, 2.05) is 41.5 Å². The molecule has 0 aromatic carbocycles. The van der Waals surface area contributed by atoms with Crippen molar-refractivity contribution in [1.82, 2.24) is 5.32 Å². The second-order valence-corrected chi connectivity index (χ2v) is 11.2. The van der Waals surface area contributed by atoms with Gasteiger partial charge in [-0.25, -0.2) is 0 Å². The predicted octanol–water partition coefficient (Wildman–Crippen LogP) is 2.15. The number of carbonyl (C=O) groups excluding carboxylic acids is 1. The summed E-state index contributed by atoms with van der Waals surface area (Å²) < 4.78 is 34.8. The van der Waals surface area contributed by atoms with Crippen LogP contribution < -0.4 is 5.32 Å². The Labute approximate surface area is 222 Å². The monoisotopic (exact) mass is 531 g/mol. The van der Waals surface area contributed by atoms with E-state index >= 15 is 0 Å². The second kappa shape index (κ2) is 13.3. The Hall–Kier alpha value is -1.11. The molecular formula is C27H49NO9. The van der Waals surface area contributed by atoms with Crippen molar-refractivity contribution in [3.63, 3.8) is 0 Å². The second-order valence-electron chi connectivity index (χ2n) is 11.2. The number of aliphatic hydroxyl groups excluding tert-OH is 2. The van der Waals surface area contributed by atoms with Gasteiger partial charge in [0.2, 0.25) is 5.79 Å². The van der Waals surface area contributed by atoms with E-state index in [0.29, 0.717) is 13.0 Å². The Morgan fingerprint density at radius 1 is 1.22 bits per heavy atom. The molecule has 2 heterocycles. The summed E-state index contributed by atoms with van der Waals surface area (Å²) in [6.07, 6.45) is -3.96. The van der Waals surface area contributed by atoms with Crippen LogP contribution in [0.4, 0.5) is 0 Å². The van der Waals surface area contributed by atoms with E-state index in [0.717, 1.165) is 5.57 Å². The fourth-order valence-electron chi connectivity index (χ4n) is 4.89. The fourth-order valence-corrected chi connectivity index (χ4v) is 4.89. The van der Waals surface area contributed by atoms with Crippen LogP contribution in [0.5, 0.6) is 0 Å². The standard InChI is InChI=1S/C27H49NO9/c1-15(2)35-14-19(32-8)11-22-26(6,7)21(29)12-20(36-22)25(33-9)28-24(31)23(30)27(34-10)13-16(3)17(4)18(5)37-27/h15,17-23,25,29-30H,3,11-14H2,1-2,4-10H3,(H,28,31). The molecule has 2 aliphatic rings. The van der Waals surface area contributed by atoms with Crippen molar-refractivity contribution in [1.29, 1.82) is 0 Å². The third kappa shape index (κ3) is 7.51. The van der Waals surface area contributed by atoms with Gasteiger partial charge in [0.15, 0.2) is 12.3 Å². The van der Waals surface area contributed by atoms with Gasteiger partial charge in [-0.3, -0.25) is 4.79 Å². The van der Waals surface area contributed by atoms with Gasteiger partial charge in [0, 0.05) is 51.9 Å². The zero-order valence-corrected chi connectivity index (χ0v) is 24.0. The molecule has 0 saturated carbocycles. The molecule has 2 saturated heterocycles. The minimum absolute atomic E-state index is 0.0580. The van der Waals surface area contributed by atoms with Crippen molar-refractivity contribution in [2.45, 2.75) is 116 Å². The Kier molecular flexibility index (Phi) is 11.5. The average Bonchev–Trinajstić information content (AvgIpc) is 2.84. The summed E-state index contributed by atoms with van der Waals surface area (Å²) in [6.45, 7) is 16.1. The van der Waals surface area contributed by atoms with Gasteiger partial charge in [0.1, 0.15) is 6.10 Å². The first kappa shape index (κ1) is 32.1. The van der Waals surface area contributed by atoms with Crippen LogP contribution in [0.2, 0.25) is 0 Å². The summed E-state index contributed by atoms with van der Waals surface area (Å²) >= 11 is 0. The van der Waals surface area contributed by atoms with Crippen molar-refractivity contribution in [2.75, 3.05) is 27.9 Å². The first-order valence-corrected chi connectivity index (χ1v) is 13.1. The summed E-state index contributed by atoms with van der Waals surface area (Å²) in [5.74, 6) is -2.24. The average molecular weight is 532 g/mol. The highest BCUT2D eigenvalue weighted by Crippen LogP contribution is 2.41. The van der Waals surface area contributed by atoms with Crippen LogP contribution in [0.25, 0.3) is 0 Å². The third-order valence-electron chi connectivity index (χ3n) is 8.00. The third-order valence-corrected chi connectivity index (χ3v) is 8.00. The Balaban J connectivity index is 2.15. The molecule has 0 aliphatic carbocycles. The van der Waals surface area contributed by atoms with E-state index in [1.54, 1.807) is 7.11 Å². The maximum Gasteiger partial charge on any atom is 0.256 e. The van der Waals surface area contributed by atoms with Crippen LogP contribution in [0.3, 0.4) is 0 Å². The number of aliphatic hydroxyl groups is 2. The summed E-state index contributed by atoms with van der Waals surface area (Å²) in [4.78, 5) is 13.2. The lowest BCUT2D eigenvalue weighted by Gasteiger charge is -2.48. The number of carbonyl (C=O) groups is 1. The Morgan fingerprint density at radius 3 is 2.38 bits per heavy atom. The highest BCUT2D eigenvalue weighted by atomic mass is 16.7. The lowest BCUT2D eigenvalue weighted by atomic mass is 9.74. The highest BCUT2D eigenvalue weighted by Gasteiger charge is 2.51. The molecule has 0 spiro atoms. The van der Waals surface area contributed by atoms with Gasteiger partial charge in [-0.15, -0.1) is 0 Å². The number of nitrogens with one attached hydrogen (secondary N) is 1. The highest BCUT2D eigenvalue weighted by molar-refractivity contribution is 5.82. The van der Waals surface area contributed by atoms with E-state index in [2.05, 4.69) is 11.9 Å². The van der Waals surface area contributed by atoms with Crippen molar-refractivity contribution in [3.05, 3.63) is 12.2 Å². The molecule has 2 rings (SSSR count). The molecule has 37 heavy (non-hydrogen) atoms. The van der Waals surface area contributed by atoms with Crippen LogP contribution in [0.15, 0.2) is 12.2 Å². The molecule has 1 amide bonds. The van der Waals surface area contributed by atoms with Gasteiger partial charge in [0.25, 0.3) is 5.91 Å². The molecule has 10 heteroatoms. The van der Waals surface area contributed by atoms with Gasteiger partial charge in [-0.2, -0.15) is 0 Å². The van der Waals surface area contributed by atoms with Crippen molar-refractivity contribution >= 4 is 5.91 Å². The van der Waals surface area contributed by atoms with Crippen LogP contribution in [-0.4, -0.2) is 98.8 Å². The largest absolute Gasteiger partial charge is 0.392 e. The Morgan fingerprint density at radius 2 is 1.86 bits per heavy atom. The molecule has 2 aliphatic heterocycles. The zero-order valence-electron chi connectivity index (χ0n) is 24.0. The lowest BCUT2D eigenvalue weighted by molar-refractivity contribution is -0.298. The topological polar surface area (TPSA) is 125 Å². The van der Waals surface area contributed by atoms with Crippen LogP contribution in [-0.2, 0) is 33.2 Å². The molecule has 9 atom stereocenters. The molecule has 0 radical (unpaired) electrons. The van der Waals surface area contributed by atoms with Crippen molar-refractivity contribution in [2.24, 2.45) is 11.3 Å². The molecule has 216 valence electrons. The van der Waals surface area contributed by atoms with Crippen molar-refractivity contribution < 1.29 is 43.4 Å². The summed E-state index contributed by atoms with van der Waals surface area (Å²) in [6, 6.07) is 0. The van der Waals surface area contributed by atoms with E-state index in [1.165, 1.54) is 14.2 Å².